The van der Waals surface area contributed by atoms with Crippen LogP contribution in [-0.2, 0) is 4.74 Å². The summed E-state index contributed by atoms with van der Waals surface area (Å²) in [5.74, 6) is -0.724. The number of halogens is 2. The summed E-state index contributed by atoms with van der Waals surface area (Å²) in [6, 6.07) is 8.04. The number of ether oxygens (including phenoxy) is 1. The van der Waals surface area contributed by atoms with Gasteiger partial charge in [-0.2, -0.15) is 0 Å². The molecule has 1 rings (SSSR count). The van der Waals surface area contributed by atoms with E-state index < -0.39 is 18.5 Å². The second kappa shape index (κ2) is 4.69. The van der Waals surface area contributed by atoms with Crippen molar-refractivity contribution < 1.29 is 18.3 Å². The van der Waals surface area contributed by atoms with Crippen molar-refractivity contribution in [1.29, 1.82) is 0 Å². The van der Waals surface area contributed by atoms with E-state index in [-0.39, 0.29) is 5.56 Å². The van der Waals surface area contributed by atoms with Crippen LogP contribution in [0.3, 0.4) is 0 Å². The molecule has 2 nitrogen and oxygen atoms in total. The third kappa shape index (κ3) is 2.80. The standard InChI is InChI=1S/C10H10F2O2/c1-7(9(11)12)14-10(13)8-5-3-2-4-6-8/h2-7,9H,1H3. The molecule has 1 unspecified atom stereocenters. The number of alkyl halides is 2. The fraction of sp³-hybridized carbons (Fsp3) is 0.300. The van der Waals surface area contributed by atoms with Crippen LogP contribution in [0, 0.1) is 0 Å². The van der Waals surface area contributed by atoms with Gasteiger partial charge in [-0.05, 0) is 19.1 Å². The van der Waals surface area contributed by atoms with Gasteiger partial charge in [0.25, 0.3) is 6.43 Å². The smallest absolute Gasteiger partial charge is 0.338 e. The highest BCUT2D eigenvalue weighted by molar-refractivity contribution is 5.89. The monoisotopic (exact) mass is 200 g/mol. The summed E-state index contributed by atoms with van der Waals surface area (Å²) < 4.78 is 28.6. The average Bonchev–Trinajstić information content (AvgIpc) is 2.19. The molecule has 0 heterocycles. The molecule has 0 aliphatic heterocycles. The first kappa shape index (κ1) is 10.6. The Bertz CT molecular complexity index is 298. The summed E-state index contributed by atoms with van der Waals surface area (Å²) in [7, 11) is 0. The molecule has 14 heavy (non-hydrogen) atoms. The zero-order valence-electron chi connectivity index (χ0n) is 7.61. The normalized spacial score (nSPS) is 12.6. The molecule has 0 saturated carbocycles. The van der Waals surface area contributed by atoms with E-state index in [1.165, 1.54) is 12.1 Å². The van der Waals surface area contributed by atoms with Crippen LogP contribution < -0.4 is 0 Å². The first-order valence-electron chi connectivity index (χ1n) is 4.15. The fourth-order valence-corrected chi connectivity index (χ4v) is 0.863. The van der Waals surface area contributed by atoms with Crippen LogP contribution in [0.25, 0.3) is 0 Å². The highest BCUT2D eigenvalue weighted by Crippen LogP contribution is 2.08. The molecule has 0 N–H and O–H groups in total. The van der Waals surface area contributed by atoms with Gasteiger partial charge in [-0.3, -0.25) is 0 Å². The summed E-state index contributed by atoms with van der Waals surface area (Å²) in [4.78, 5) is 11.2. The fourth-order valence-electron chi connectivity index (χ4n) is 0.863. The van der Waals surface area contributed by atoms with Crippen LogP contribution in [0.2, 0.25) is 0 Å². The number of hydrogen-bond donors (Lipinski definition) is 0. The summed E-state index contributed by atoms with van der Waals surface area (Å²) in [6.45, 7) is 1.16. The molecule has 76 valence electrons. The Morgan fingerprint density at radius 1 is 1.29 bits per heavy atom. The van der Waals surface area contributed by atoms with Crippen LogP contribution >= 0.6 is 0 Å². The Labute approximate surface area is 80.5 Å². The van der Waals surface area contributed by atoms with Gasteiger partial charge in [0.15, 0.2) is 6.10 Å². The molecule has 0 fully saturated rings. The maximum absolute atomic E-state index is 12.0. The van der Waals surface area contributed by atoms with Gasteiger partial charge in [-0.25, -0.2) is 13.6 Å². The van der Waals surface area contributed by atoms with E-state index in [1.54, 1.807) is 18.2 Å². The highest BCUT2D eigenvalue weighted by Gasteiger charge is 2.19. The van der Waals surface area contributed by atoms with Crippen LogP contribution in [0.5, 0.6) is 0 Å². The molecule has 0 radical (unpaired) electrons. The van der Waals surface area contributed by atoms with Crippen LogP contribution in [0.1, 0.15) is 17.3 Å². The van der Waals surface area contributed by atoms with E-state index in [1.807, 2.05) is 0 Å². The molecule has 0 bridgehead atoms. The van der Waals surface area contributed by atoms with Gasteiger partial charge in [0.05, 0.1) is 5.56 Å². The predicted molar refractivity (Wildman–Crippen MR) is 47.3 cm³/mol. The van der Waals surface area contributed by atoms with E-state index in [0.717, 1.165) is 6.92 Å². The lowest BCUT2D eigenvalue weighted by atomic mass is 10.2. The van der Waals surface area contributed by atoms with Crippen molar-refractivity contribution in [3.63, 3.8) is 0 Å². The van der Waals surface area contributed by atoms with Gasteiger partial charge in [-0.15, -0.1) is 0 Å². The minimum atomic E-state index is -2.65. The zero-order chi connectivity index (χ0) is 10.6. The molecular weight excluding hydrogens is 190 g/mol. The van der Waals surface area contributed by atoms with Gasteiger partial charge in [0.2, 0.25) is 0 Å². The van der Waals surface area contributed by atoms with Crippen molar-refractivity contribution in [3.8, 4) is 0 Å². The zero-order valence-corrected chi connectivity index (χ0v) is 7.61. The minimum absolute atomic E-state index is 0.278. The molecule has 1 aromatic rings. The number of rotatable bonds is 3. The molecule has 0 aliphatic rings. The first-order valence-corrected chi connectivity index (χ1v) is 4.15. The van der Waals surface area contributed by atoms with Crippen LogP contribution in [0.4, 0.5) is 8.78 Å². The molecule has 1 atom stereocenters. The first-order chi connectivity index (χ1) is 6.61. The van der Waals surface area contributed by atoms with E-state index >= 15 is 0 Å². The lowest BCUT2D eigenvalue weighted by Crippen LogP contribution is -2.22. The Hall–Kier alpha value is -1.45. The Balaban J connectivity index is 2.60. The van der Waals surface area contributed by atoms with E-state index in [0.29, 0.717) is 0 Å². The number of hydrogen-bond acceptors (Lipinski definition) is 2. The van der Waals surface area contributed by atoms with Crippen molar-refractivity contribution in [2.24, 2.45) is 0 Å². The van der Waals surface area contributed by atoms with Gasteiger partial charge in [-0.1, -0.05) is 18.2 Å². The third-order valence-corrected chi connectivity index (χ3v) is 1.66. The van der Waals surface area contributed by atoms with Crippen molar-refractivity contribution in [2.45, 2.75) is 19.5 Å². The van der Waals surface area contributed by atoms with Crippen LogP contribution in [0.15, 0.2) is 30.3 Å². The van der Waals surface area contributed by atoms with Gasteiger partial charge < -0.3 is 4.74 Å². The lowest BCUT2D eigenvalue weighted by Gasteiger charge is -2.11. The predicted octanol–water partition coefficient (Wildman–Crippen LogP) is 2.50. The summed E-state index contributed by atoms with van der Waals surface area (Å²) in [5, 5.41) is 0. The molecule has 1 aromatic carbocycles. The number of esters is 1. The SMILES string of the molecule is CC(OC(=O)c1ccccc1)C(F)F. The largest absolute Gasteiger partial charge is 0.453 e. The van der Waals surface area contributed by atoms with Crippen molar-refractivity contribution in [2.75, 3.05) is 0 Å². The lowest BCUT2D eigenvalue weighted by molar-refractivity contribution is -0.0250. The molecule has 4 heteroatoms. The average molecular weight is 200 g/mol. The van der Waals surface area contributed by atoms with Gasteiger partial charge >= 0.3 is 5.97 Å². The number of benzene rings is 1. The second-order valence-corrected chi connectivity index (χ2v) is 2.81. The summed E-state index contributed by atoms with van der Waals surface area (Å²) in [6.07, 6.45) is -4.02. The Morgan fingerprint density at radius 2 is 1.86 bits per heavy atom. The molecule has 0 aliphatic carbocycles. The molecular formula is C10H10F2O2. The van der Waals surface area contributed by atoms with E-state index in [2.05, 4.69) is 4.74 Å². The van der Waals surface area contributed by atoms with Gasteiger partial charge in [0.1, 0.15) is 0 Å². The number of carbonyl (C=O) groups excluding carboxylic acids is 1. The second-order valence-electron chi connectivity index (χ2n) is 2.81. The quantitative estimate of drug-likeness (QED) is 0.700. The van der Waals surface area contributed by atoms with Crippen molar-refractivity contribution in [3.05, 3.63) is 35.9 Å². The Kier molecular flexibility index (Phi) is 3.56. The van der Waals surface area contributed by atoms with Crippen molar-refractivity contribution >= 4 is 5.97 Å². The number of carbonyl (C=O) groups is 1. The summed E-state index contributed by atoms with van der Waals surface area (Å²) >= 11 is 0. The molecule has 0 saturated heterocycles. The third-order valence-electron chi connectivity index (χ3n) is 1.66. The van der Waals surface area contributed by atoms with Crippen molar-refractivity contribution in [1.82, 2.24) is 0 Å². The molecule has 0 spiro atoms. The van der Waals surface area contributed by atoms with Crippen LogP contribution in [-0.4, -0.2) is 18.5 Å². The Morgan fingerprint density at radius 3 is 2.36 bits per heavy atom. The molecule has 0 aromatic heterocycles. The molecule has 0 amide bonds. The summed E-state index contributed by atoms with van der Waals surface area (Å²) in [5.41, 5.74) is 0.278. The topological polar surface area (TPSA) is 26.3 Å². The highest BCUT2D eigenvalue weighted by atomic mass is 19.3. The maximum Gasteiger partial charge on any atom is 0.338 e. The van der Waals surface area contributed by atoms with E-state index in [4.69, 9.17) is 0 Å². The maximum atomic E-state index is 12.0. The van der Waals surface area contributed by atoms with Gasteiger partial charge in [0, 0.05) is 0 Å². The van der Waals surface area contributed by atoms with E-state index in [9.17, 15) is 13.6 Å². The minimum Gasteiger partial charge on any atom is -0.453 e.